The van der Waals surface area contributed by atoms with Crippen molar-refractivity contribution in [3.63, 3.8) is 0 Å². The van der Waals surface area contributed by atoms with Crippen LogP contribution in [0.15, 0.2) is 17.3 Å². The number of hydrogen-bond acceptors (Lipinski definition) is 5. The van der Waals surface area contributed by atoms with Crippen LogP contribution in [0.2, 0.25) is 10.0 Å². The summed E-state index contributed by atoms with van der Waals surface area (Å²) in [5, 5.41) is 7.44. The van der Waals surface area contributed by atoms with Gasteiger partial charge in [-0.25, -0.2) is 4.98 Å². The van der Waals surface area contributed by atoms with Crippen LogP contribution in [0.1, 0.15) is 12.8 Å². The van der Waals surface area contributed by atoms with E-state index in [1.54, 1.807) is 19.3 Å². The zero-order chi connectivity index (χ0) is 18.2. The lowest BCUT2D eigenvalue weighted by Crippen LogP contribution is -2.47. The highest BCUT2D eigenvalue weighted by Crippen LogP contribution is 2.22. The third-order valence-corrected chi connectivity index (χ3v) is 4.54. The molecule has 0 unspecified atom stereocenters. The van der Waals surface area contributed by atoms with Crippen molar-refractivity contribution in [2.45, 2.75) is 12.8 Å². The number of likely N-dealkylation sites (tertiary alicyclic amines) is 1. The van der Waals surface area contributed by atoms with Gasteiger partial charge in [0.15, 0.2) is 5.96 Å². The van der Waals surface area contributed by atoms with Crippen LogP contribution in [0.4, 0.5) is 5.82 Å². The van der Waals surface area contributed by atoms with Crippen molar-refractivity contribution in [3.8, 4) is 0 Å². The van der Waals surface area contributed by atoms with E-state index in [4.69, 9.17) is 27.9 Å². The molecule has 0 amide bonds. The van der Waals surface area contributed by atoms with Crippen molar-refractivity contribution >= 4 is 40.9 Å². The summed E-state index contributed by atoms with van der Waals surface area (Å²) in [4.78, 5) is 22.2. The molecule has 1 aliphatic heterocycles. The number of piperidine rings is 1. The molecule has 7 nitrogen and oxygen atoms in total. The SMILES string of the molecule is CN=C(NCCNc1ncc(Cl)cc1Cl)N1CCC(C(=O)OC)CC1. The maximum atomic E-state index is 11.6. The van der Waals surface area contributed by atoms with Crippen LogP contribution in [-0.4, -0.2) is 62.1 Å². The first-order valence-corrected chi connectivity index (χ1v) is 8.89. The summed E-state index contributed by atoms with van der Waals surface area (Å²) in [6.45, 7) is 2.84. The number of methoxy groups -OCH3 is 1. The Morgan fingerprint density at radius 1 is 1.40 bits per heavy atom. The number of aromatic nitrogens is 1. The van der Waals surface area contributed by atoms with Gasteiger partial charge in [-0.15, -0.1) is 0 Å². The Labute approximate surface area is 157 Å². The second-order valence-corrected chi connectivity index (χ2v) is 6.51. The number of nitrogens with zero attached hydrogens (tertiary/aromatic N) is 3. The molecule has 0 spiro atoms. The van der Waals surface area contributed by atoms with Gasteiger partial charge in [0.05, 0.1) is 23.1 Å². The predicted octanol–water partition coefficient (Wildman–Crippen LogP) is 2.26. The van der Waals surface area contributed by atoms with Gasteiger partial charge in [-0.05, 0) is 18.9 Å². The standard InChI is InChI=1S/C16H23Cl2N5O2/c1-19-16(23-7-3-11(4-8-23)15(24)25-2)21-6-5-20-14-13(18)9-12(17)10-22-14/h9-11H,3-8H2,1-2H3,(H,19,21)(H,20,22). The Morgan fingerprint density at radius 3 is 2.72 bits per heavy atom. The largest absolute Gasteiger partial charge is 0.469 e. The molecule has 0 atom stereocenters. The van der Waals surface area contributed by atoms with Gasteiger partial charge in [0.2, 0.25) is 0 Å². The smallest absolute Gasteiger partial charge is 0.308 e. The van der Waals surface area contributed by atoms with Crippen molar-refractivity contribution in [2.75, 3.05) is 45.7 Å². The molecule has 25 heavy (non-hydrogen) atoms. The molecular formula is C16H23Cl2N5O2. The Kier molecular flexibility index (Phi) is 7.58. The topological polar surface area (TPSA) is 78.9 Å². The lowest BCUT2D eigenvalue weighted by Gasteiger charge is -2.33. The number of nitrogens with one attached hydrogen (secondary N) is 2. The number of aliphatic imine (C=N–C) groups is 1. The number of carbonyl (C=O) groups excluding carboxylic acids is 1. The molecule has 2 rings (SSSR count). The summed E-state index contributed by atoms with van der Waals surface area (Å²) in [6.07, 6.45) is 3.10. The van der Waals surface area contributed by atoms with E-state index in [2.05, 4.69) is 25.5 Å². The van der Waals surface area contributed by atoms with E-state index in [9.17, 15) is 4.79 Å². The van der Waals surface area contributed by atoms with Crippen molar-refractivity contribution in [3.05, 3.63) is 22.3 Å². The fourth-order valence-electron chi connectivity index (χ4n) is 2.73. The van der Waals surface area contributed by atoms with E-state index in [0.29, 0.717) is 29.0 Å². The van der Waals surface area contributed by atoms with Gasteiger partial charge in [-0.1, -0.05) is 23.2 Å². The second-order valence-electron chi connectivity index (χ2n) is 5.67. The number of hydrogen-bond donors (Lipinski definition) is 2. The average molecular weight is 388 g/mol. The van der Waals surface area contributed by atoms with Gasteiger partial charge >= 0.3 is 5.97 Å². The highest BCUT2D eigenvalue weighted by Gasteiger charge is 2.26. The average Bonchev–Trinajstić information content (AvgIpc) is 2.63. The molecule has 0 aliphatic carbocycles. The number of pyridine rings is 1. The molecule has 0 saturated carbocycles. The van der Waals surface area contributed by atoms with E-state index in [-0.39, 0.29) is 11.9 Å². The minimum Gasteiger partial charge on any atom is -0.469 e. The van der Waals surface area contributed by atoms with Gasteiger partial charge in [0.1, 0.15) is 5.82 Å². The number of anilines is 1. The molecule has 9 heteroatoms. The van der Waals surface area contributed by atoms with Crippen LogP contribution in [0.3, 0.4) is 0 Å². The van der Waals surface area contributed by atoms with E-state index in [1.807, 2.05) is 0 Å². The van der Waals surface area contributed by atoms with Crippen molar-refractivity contribution in [1.82, 2.24) is 15.2 Å². The second kappa shape index (κ2) is 9.68. The van der Waals surface area contributed by atoms with Crippen molar-refractivity contribution < 1.29 is 9.53 Å². The zero-order valence-electron chi connectivity index (χ0n) is 14.4. The molecule has 1 aromatic rings. The molecule has 1 aromatic heterocycles. The number of ether oxygens (including phenoxy) is 1. The van der Waals surface area contributed by atoms with Crippen LogP contribution in [0.25, 0.3) is 0 Å². The Hall–Kier alpha value is -1.73. The summed E-state index contributed by atoms with van der Waals surface area (Å²) < 4.78 is 4.81. The molecule has 0 radical (unpaired) electrons. The number of guanidine groups is 1. The van der Waals surface area contributed by atoms with Crippen LogP contribution in [-0.2, 0) is 9.53 Å². The Balaban J connectivity index is 1.75. The maximum Gasteiger partial charge on any atom is 0.308 e. The summed E-state index contributed by atoms with van der Waals surface area (Å²) in [5.41, 5.74) is 0. The quantitative estimate of drug-likeness (QED) is 0.349. The maximum absolute atomic E-state index is 11.6. The third-order valence-electron chi connectivity index (χ3n) is 4.05. The highest BCUT2D eigenvalue weighted by molar-refractivity contribution is 6.35. The van der Waals surface area contributed by atoms with E-state index in [0.717, 1.165) is 31.9 Å². The third kappa shape index (κ3) is 5.64. The molecule has 1 aliphatic rings. The van der Waals surface area contributed by atoms with Gasteiger partial charge in [0.25, 0.3) is 0 Å². The fourth-order valence-corrected chi connectivity index (χ4v) is 3.17. The van der Waals surface area contributed by atoms with E-state index >= 15 is 0 Å². The Bertz CT molecular complexity index is 619. The lowest BCUT2D eigenvalue weighted by molar-refractivity contribution is -0.146. The summed E-state index contributed by atoms with van der Waals surface area (Å²) in [5.74, 6) is 1.28. The molecule has 2 heterocycles. The summed E-state index contributed by atoms with van der Waals surface area (Å²) >= 11 is 11.9. The fraction of sp³-hybridized carbons (Fsp3) is 0.562. The van der Waals surface area contributed by atoms with Crippen molar-refractivity contribution in [2.24, 2.45) is 10.9 Å². The van der Waals surface area contributed by atoms with Crippen molar-refractivity contribution in [1.29, 1.82) is 0 Å². The minimum absolute atomic E-state index is 0.0147. The minimum atomic E-state index is -0.126. The predicted molar refractivity (Wildman–Crippen MR) is 100 cm³/mol. The molecule has 1 fully saturated rings. The number of esters is 1. The van der Waals surface area contributed by atoms with Gasteiger partial charge in [0, 0.05) is 39.4 Å². The molecule has 0 aromatic carbocycles. The number of rotatable bonds is 5. The molecule has 138 valence electrons. The zero-order valence-corrected chi connectivity index (χ0v) is 15.9. The summed E-state index contributed by atoms with van der Waals surface area (Å²) in [7, 11) is 3.18. The first-order valence-electron chi connectivity index (χ1n) is 8.13. The van der Waals surface area contributed by atoms with E-state index < -0.39 is 0 Å². The monoisotopic (exact) mass is 387 g/mol. The van der Waals surface area contributed by atoms with Crippen LogP contribution < -0.4 is 10.6 Å². The normalized spacial score (nSPS) is 15.8. The van der Waals surface area contributed by atoms with Crippen LogP contribution in [0, 0.1) is 5.92 Å². The number of carbonyl (C=O) groups is 1. The lowest BCUT2D eigenvalue weighted by atomic mass is 9.97. The van der Waals surface area contributed by atoms with Gasteiger partial charge < -0.3 is 20.3 Å². The van der Waals surface area contributed by atoms with Crippen LogP contribution >= 0.6 is 23.2 Å². The first kappa shape index (κ1) is 19.6. The van der Waals surface area contributed by atoms with Crippen LogP contribution in [0.5, 0.6) is 0 Å². The highest BCUT2D eigenvalue weighted by atomic mass is 35.5. The summed E-state index contributed by atoms with van der Waals surface area (Å²) in [6, 6.07) is 1.65. The van der Waals surface area contributed by atoms with Gasteiger partial charge in [-0.3, -0.25) is 9.79 Å². The first-order chi connectivity index (χ1) is 12.0. The molecule has 0 bridgehead atoms. The Morgan fingerprint density at radius 2 is 2.12 bits per heavy atom. The molecule has 1 saturated heterocycles. The molecule has 2 N–H and O–H groups in total. The van der Waals surface area contributed by atoms with Gasteiger partial charge in [-0.2, -0.15) is 0 Å². The number of halogens is 2. The molecular weight excluding hydrogens is 365 g/mol. The van der Waals surface area contributed by atoms with E-state index in [1.165, 1.54) is 7.11 Å².